The van der Waals surface area contributed by atoms with Crippen LogP contribution in [0.3, 0.4) is 0 Å². The second-order valence-electron chi connectivity index (χ2n) is 3.54. The quantitative estimate of drug-likeness (QED) is 0.637. The molecule has 0 bridgehead atoms. The summed E-state index contributed by atoms with van der Waals surface area (Å²) >= 11 is 1.79. The number of thioether (sulfide) groups is 1. The van der Waals surface area contributed by atoms with Gasteiger partial charge in [0.25, 0.3) is 0 Å². The molecule has 0 saturated heterocycles. The number of hydrogen-bond donors (Lipinski definition) is 1. The van der Waals surface area contributed by atoms with Gasteiger partial charge in [-0.25, -0.2) is 4.79 Å². The molecule has 0 saturated carbocycles. The molecule has 84 valence electrons. The van der Waals surface area contributed by atoms with Crippen molar-refractivity contribution in [2.24, 2.45) is 5.92 Å². The molecule has 1 atom stereocenters. The summed E-state index contributed by atoms with van der Waals surface area (Å²) in [4.78, 5) is 10.7. The van der Waals surface area contributed by atoms with E-state index in [-0.39, 0.29) is 0 Å². The smallest absolute Gasteiger partial charge is 0.332 e. The van der Waals surface area contributed by atoms with E-state index >= 15 is 0 Å². The maximum absolute atomic E-state index is 10.7. The van der Waals surface area contributed by atoms with Crippen LogP contribution in [0.5, 0.6) is 0 Å². The Balaban J connectivity index is 3.56. The normalized spacial score (nSPS) is 13.1. The van der Waals surface area contributed by atoms with E-state index in [4.69, 9.17) is 9.84 Å². The summed E-state index contributed by atoms with van der Waals surface area (Å²) in [5.74, 6) is 1.75. The van der Waals surface area contributed by atoms with Crippen LogP contribution < -0.4 is 0 Å². The molecule has 0 aliphatic carbocycles. The number of hydrogen-bond acceptors (Lipinski definition) is 3. The van der Waals surface area contributed by atoms with E-state index in [0.29, 0.717) is 18.9 Å². The van der Waals surface area contributed by atoms with Crippen molar-refractivity contribution in [3.8, 4) is 0 Å². The highest BCUT2D eigenvalue weighted by atomic mass is 32.2. The molecule has 4 heteroatoms. The minimum absolute atomic E-state index is 0.464. The van der Waals surface area contributed by atoms with Crippen LogP contribution in [0.1, 0.15) is 27.2 Å². The first-order chi connectivity index (χ1) is 6.57. The molecule has 1 N–H and O–H groups in total. The van der Waals surface area contributed by atoms with E-state index in [1.165, 1.54) is 0 Å². The van der Waals surface area contributed by atoms with Gasteiger partial charge in [0.1, 0.15) is 0 Å². The van der Waals surface area contributed by atoms with Crippen molar-refractivity contribution in [2.45, 2.75) is 33.3 Å². The highest BCUT2D eigenvalue weighted by Gasteiger charge is 2.16. The second kappa shape index (κ2) is 8.12. The Morgan fingerprint density at radius 3 is 2.57 bits per heavy atom. The molecule has 3 nitrogen and oxygen atoms in total. The van der Waals surface area contributed by atoms with Crippen LogP contribution in [0.15, 0.2) is 0 Å². The van der Waals surface area contributed by atoms with E-state index in [2.05, 4.69) is 13.8 Å². The van der Waals surface area contributed by atoms with Gasteiger partial charge < -0.3 is 9.84 Å². The molecule has 14 heavy (non-hydrogen) atoms. The Kier molecular flexibility index (Phi) is 7.99. The standard InChI is InChI=1S/C10H20O3S/c1-4-13-9(10(11)12)5-6-14-7-8(2)3/h8-9H,4-7H2,1-3H3,(H,11,12). The molecule has 0 rings (SSSR count). The third kappa shape index (κ3) is 7.21. The zero-order valence-electron chi connectivity index (χ0n) is 9.16. The summed E-state index contributed by atoms with van der Waals surface area (Å²) in [5.41, 5.74) is 0. The molecule has 0 radical (unpaired) electrons. The first-order valence-corrected chi connectivity index (χ1v) is 6.15. The zero-order valence-corrected chi connectivity index (χ0v) is 9.97. The fraction of sp³-hybridized carbons (Fsp3) is 0.900. The van der Waals surface area contributed by atoms with Crippen molar-refractivity contribution in [3.05, 3.63) is 0 Å². The van der Waals surface area contributed by atoms with Crippen LogP contribution in [-0.2, 0) is 9.53 Å². The van der Waals surface area contributed by atoms with Gasteiger partial charge in [0.2, 0.25) is 0 Å². The molecular weight excluding hydrogens is 200 g/mol. The van der Waals surface area contributed by atoms with Gasteiger partial charge in [0.15, 0.2) is 6.10 Å². The Labute approximate surface area is 90.2 Å². The average molecular weight is 220 g/mol. The number of rotatable bonds is 8. The number of carbonyl (C=O) groups is 1. The highest BCUT2D eigenvalue weighted by Crippen LogP contribution is 2.11. The van der Waals surface area contributed by atoms with Crippen molar-refractivity contribution >= 4 is 17.7 Å². The Hall–Kier alpha value is -0.220. The lowest BCUT2D eigenvalue weighted by Crippen LogP contribution is -2.24. The molecule has 0 aromatic carbocycles. The van der Waals surface area contributed by atoms with E-state index < -0.39 is 12.1 Å². The molecule has 1 unspecified atom stereocenters. The first-order valence-electron chi connectivity index (χ1n) is 5.00. The summed E-state index contributed by atoms with van der Waals surface area (Å²) in [6, 6.07) is 0. The van der Waals surface area contributed by atoms with E-state index in [9.17, 15) is 4.79 Å². The second-order valence-corrected chi connectivity index (χ2v) is 4.69. The van der Waals surface area contributed by atoms with Crippen LogP contribution in [0.25, 0.3) is 0 Å². The minimum atomic E-state index is -0.850. The van der Waals surface area contributed by atoms with Crippen LogP contribution >= 0.6 is 11.8 Å². The van der Waals surface area contributed by atoms with Gasteiger partial charge in [-0.1, -0.05) is 13.8 Å². The molecule has 0 aliphatic heterocycles. The van der Waals surface area contributed by atoms with Crippen LogP contribution in [0.4, 0.5) is 0 Å². The van der Waals surface area contributed by atoms with Gasteiger partial charge in [0, 0.05) is 6.61 Å². The molecule has 0 spiro atoms. The molecule has 0 fully saturated rings. The van der Waals surface area contributed by atoms with Crippen molar-refractivity contribution in [3.63, 3.8) is 0 Å². The molecule has 0 heterocycles. The maximum atomic E-state index is 10.7. The average Bonchev–Trinajstić information content (AvgIpc) is 2.09. The Bertz CT molecular complexity index is 159. The van der Waals surface area contributed by atoms with Gasteiger partial charge in [-0.3, -0.25) is 0 Å². The monoisotopic (exact) mass is 220 g/mol. The van der Waals surface area contributed by atoms with E-state index in [1.807, 2.05) is 6.92 Å². The van der Waals surface area contributed by atoms with Crippen molar-refractivity contribution in [2.75, 3.05) is 18.1 Å². The third-order valence-corrected chi connectivity index (χ3v) is 3.05. The topological polar surface area (TPSA) is 46.5 Å². The predicted octanol–water partition coefficient (Wildman–Crippen LogP) is 2.26. The Morgan fingerprint density at radius 1 is 1.50 bits per heavy atom. The first kappa shape index (κ1) is 13.8. The van der Waals surface area contributed by atoms with Crippen LogP contribution in [0.2, 0.25) is 0 Å². The lowest BCUT2D eigenvalue weighted by molar-refractivity contribution is -0.150. The minimum Gasteiger partial charge on any atom is -0.479 e. The molecule has 0 aromatic rings. The number of aliphatic carboxylic acids is 1. The van der Waals surface area contributed by atoms with Gasteiger partial charge in [-0.05, 0) is 30.8 Å². The Morgan fingerprint density at radius 2 is 2.14 bits per heavy atom. The summed E-state index contributed by atoms with van der Waals surface area (Å²) in [5, 5.41) is 8.78. The number of ether oxygens (including phenoxy) is 1. The fourth-order valence-corrected chi connectivity index (χ4v) is 2.01. The van der Waals surface area contributed by atoms with Crippen molar-refractivity contribution < 1.29 is 14.6 Å². The molecule has 0 aliphatic rings. The summed E-state index contributed by atoms with van der Waals surface area (Å²) in [7, 11) is 0. The molecule has 0 amide bonds. The largest absolute Gasteiger partial charge is 0.479 e. The summed E-state index contributed by atoms with van der Waals surface area (Å²) in [6.45, 7) is 6.59. The lowest BCUT2D eigenvalue weighted by atomic mass is 10.3. The van der Waals surface area contributed by atoms with E-state index in [1.54, 1.807) is 11.8 Å². The number of carboxylic acids is 1. The SMILES string of the molecule is CCOC(CCSCC(C)C)C(=O)O. The predicted molar refractivity (Wildman–Crippen MR) is 59.8 cm³/mol. The van der Waals surface area contributed by atoms with Gasteiger partial charge in [0.05, 0.1) is 0 Å². The summed E-state index contributed by atoms with van der Waals surface area (Å²) in [6.07, 6.45) is -0.0275. The third-order valence-electron chi connectivity index (χ3n) is 1.62. The van der Waals surface area contributed by atoms with E-state index in [0.717, 1.165) is 11.5 Å². The maximum Gasteiger partial charge on any atom is 0.332 e. The van der Waals surface area contributed by atoms with Crippen LogP contribution in [0, 0.1) is 5.92 Å². The molecular formula is C10H20O3S. The molecule has 0 aromatic heterocycles. The van der Waals surface area contributed by atoms with Gasteiger partial charge in [-0.15, -0.1) is 0 Å². The lowest BCUT2D eigenvalue weighted by Gasteiger charge is -2.12. The van der Waals surface area contributed by atoms with Crippen molar-refractivity contribution in [1.82, 2.24) is 0 Å². The highest BCUT2D eigenvalue weighted by molar-refractivity contribution is 7.99. The fourth-order valence-electron chi connectivity index (χ4n) is 0.989. The van der Waals surface area contributed by atoms with Crippen LogP contribution in [-0.4, -0.2) is 35.3 Å². The number of carboxylic acid groups (broad SMARTS) is 1. The summed E-state index contributed by atoms with van der Waals surface area (Å²) < 4.78 is 5.10. The van der Waals surface area contributed by atoms with Gasteiger partial charge in [-0.2, -0.15) is 11.8 Å². The van der Waals surface area contributed by atoms with Gasteiger partial charge >= 0.3 is 5.97 Å². The zero-order chi connectivity index (χ0) is 11.0. The van der Waals surface area contributed by atoms with Crippen molar-refractivity contribution in [1.29, 1.82) is 0 Å².